The minimum Gasteiger partial charge on any atom is -0.508 e. The maximum Gasteiger partial charge on any atom is 0.115 e. The first-order valence-electron chi connectivity index (χ1n) is 6.79. The molecular weight excluding hydrogens is 229 g/mol. The van der Waals surface area contributed by atoms with Gasteiger partial charge in [0, 0.05) is 6.04 Å². The first-order valence-corrected chi connectivity index (χ1v) is 6.79. The Morgan fingerprint density at radius 1 is 1.11 bits per heavy atom. The van der Waals surface area contributed by atoms with Gasteiger partial charge in [-0.3, -0.25) is 4.39 Å². The SMILES string of the molecule is CC(Cc1ccc(O)cc1)NCCCCCCF. The monoisotopic (exact) mass is 253 g/mol. The molecule has 1 aromatic rings. The van der Waals surface area contributed by atoms with Crippen molar-refractivity contribution in [3.8, 4) is 5.75 Å². The van der Waals surface area contributed by atoms with Crippen LogP contribution in [0.2, 0.25) is 0 Å². The lowest BCUT2D eigenvalue weighted by Gasteiger charge is -2.13. The number of hydrogen-bond donors (Lipinski definition) is 2. The zero-order valence-electron chi connectivity index (χ0n) is 11.2. The molecule has 2 N–H and O–H groups in total. The molecule has 1 atom stereocenters. The first-order chi connectivity index (χ1) is 8.72. The van der Waals surface area contributed by atoms with Crippen molar-refractivity contribution in [2.24, 2.45) is 0 Å². The molecule has 0 aliphatic carbocycles. The molecule has 0 bridgehead atoms. The van der Waals surface area contributed by atoms with Gasteiger partial charge in [-0.15, -0.1) is 0 Å². The predicted molar refractivity (Wildman–Crippen MR) is 73.7 cm³/mol. The van der Waals surface area contributed by atoms with Crippen molar-refractivity contribution in [2.75, 3.05) is 13.2 Å². The molecule has 0 spiro atoms. The van der Waals surface area contributed by atoms with Gasteiger partial charge in [0.25, 0.3) is 0 Å². The molecule has 3 heteroatoms. The first kappa shape index (κ1) is 15.0. The topological polar surface area (TPSA) is 32.3 Å². The minimum absolute atomic E-state index is 0.190. The number of unbranched alkanes of at least 4 members (excludes halogenated alkanes) is 3. The second kappa shape index (κ2) is 8.92. The molecule has 2 nitrogen and oxygen atoms in total. The van der Waals surface area contributed by atoms with E-state index in [9.17, 15) is 9.50 Å². The largest absolute Gasteiger partial charge is 0.508 e. The minimum atomic E-state index is -0.190. The molecule has 0 saturated heterocycles. The third kappa shape index (κ3) is 6.60. The summed E-state index contributed by atoms with van der Waals surface area (Å²) < 4.78 is 11.9. The quantitative estimate of drug-likeness (QED) is 0.661. The lowest BCUT2D eigenvalue weighted by atomic mass is 10.1. The zero-order valence-corrected chi connectivity index (χ0v) is 11.2. The highest BCUT2D eigenvalue weighted by atomic mass is 19.1. The highest BCUT2D eigenvalue weighted by Gasteiger charge is 2.02. The second-order valence-electron chi connectivity index (χ2n) is 4.83. The maximum absolute atomic E-state index is 11.9. The number of aromatic hydroxyl groups is 1. The average Bonchev–Trinajstić information content (AvgIpc) is 2.36. The van der Waals surface area contributed by atoms with Crippen molar-refractivity contribution in [3.05, 3.63) is 29.8 Å². The Bertz CT molecular complexity index is 313. The smallest absolute Gasteiger partial charge is 0.115 e. The lowest BCUT2D eigenvalue weighted by Crippen LogP contribution is -2.28. The number of halogens is 1. The lowest BCUT2D eigenvalue weighted by molar-refractivity contribution is 0.446. The van der Waals surface area contributed by atoms with Crippen molar-refractivity contribution in [1.82, 2.24) is 5.32 Å². The summed E-state index contributed by atoms with van der Waals surface area (Å²) in [6.07, 6.45) is 4.86. The Morgan fingerprint density at radius 3 is 2.44 bits per heavy atom. The van der Waals surface area contributed by atoms with Crippen LogP contribution in [-0.4, -0.2) is 24.4 Å². The molecule has 0 heterocycles. The van der Waals surface area contributed by atoms with Gasteiger partial charge in [0.15, 0.2) is 0 Å². The van der Waals surface area contributed by atoms with Crippen molar-refractivity contribution < 1.29 is 9.50 Å². The van der Waals surface area contributed by atoms with Crippen LogP contribution in [0.3, 0.4) is 0 Å². The zero-order chi connectivity index (χ0) is 13.2. The van der Waals surface area contributed by atoms with Gasteiger partial charge < -0.3 is 10.4 Å². The van der Waals surface area contributed by atoms with Crippen LogP contribution in [0.15, 0.2) is 24.3 Å². The molecule has 102 valence electrons. The number of rotatable bonds is 9. The molecule has 1 unspecified atom stereocenters. The Labute approximate surface area is 109 Å². The number of alkyl halides is 1. The summed E-state index contributed by atoms with van der Waals surface area (Å²) >= 11 is 0. The molecular formula is C15H24FNO. The van der Waals surface area contributed by atoms with Gasteiger partial charge in [-0.25, -0.2) is 0 Å². The van der Waals surface area contributed by atoms with Gasteiger partial charge in [0.05, 0.1) is 6.67 Å². The van der Waals surface area contributed by atoms with E-state index in [1.807, 2.05) is 12.1 Å². The summed E-state index contributed by atoms with van der Waals surface area (Å²) in [6, 6.07) is 7.78. The van der Waals surface area contributed by atoms with Crippen LogP contribution in [0, 0.1) is 0 Å². The number of nitrogens with one attached hydrogen (secondary N) is 1. The molecule has 0 aliphatic rings. The van der Waals surface area contributed by atoms with E-state index in [0.717, 1.165) is 32.2 Å². The molecule has 0 radical (unpaired) electrons. The van der Waals surface area contributed by atoms with Crippen LogP contribution in [0.1, 0.15) is 38.2 Å². The standard InChI is InChI=1S/C15H24FNO/c1-13(17-11-5-3-2-4-10-16)12-14-6-8-15(18)9-7-14/h6-9,13,17-18H,2-5,10-12H2,1H3. The van der Waals surface area contributed by atoms with Crippen LogP contribution < -0.4 is 5.32 Å². The number of phenols is 1. The Balaban J connectivity index is 2.10. The Morgan fingerprint density at radius 2 is 1.78 bits per heavy atom. The highest BCUT2D eigenvalue weighted by molar-refractivity contribution is 5.26. The summed E-state index contributed by atoms with van der Waals surface area (Å²) in [5.74, 6) is 0.312. The average molecular weight is 253 g/mol. The third-order valence-electron chi connectivity index (χ3n) is 3.03. The maximum atomic E-state index is 11.9. The molecule has 18 heavy (non-hydrogen) atoms. The molecule has 0 amide bonds. The second-order valence-corrected chi connectivity index (χ2v) is 4.83. The van der Waals surface area contributed by atoms with E-state index in [4.69, 9.17) is 0 Å². The van der Waals surface area contributed by atoms with E-state index < -0.39 is 0 Å². The van der Waals surface area contributed by atoms with Crippen molar-refractivity contribution >= 4 is 0 Å². The molecule has 0 saturated carbocycles. The number of benzene rings is 1. The van der Waals surface area contributed by atoms with Crippen LogP contribution in [-0.2, 0) is 6.42 Å². The van der Waals surface area contributed by atoms with Crippen LogP contribution in [0.25, 0.3) is 0 Å². The Hall–Kier alpha value is -1.09. The van der Waals surface area contributed by atoms with E-state index >= 15 is 0 Å². The highest BCUT2D eigenvalue weighted by Crippen LogP contribution is 2.11. The number of hydrogen-bond acceptors (Lipinski definition) is 2. The molecule has 0 aromatic heterocycles. The fourth-order valence-electron chi connectivity index (χ4n) is 1.98. The van der Waals surface area contributed by atoms with Crippen LogP contribution in [0.5, 0.6) is 5.75 Å². The van der Waals surface area contributed by atoms with E-state index in [-0.39, 0.29) is 6.67 Å². The summed E-state index contributed by atoms with van der Waals surface area (Å²) in [6.45, 7) is 2.96. The predicted octanol–water partition coefficient (Wildman–Crippen LogP) is 3.44. The van der Waals surface area contributed by atoms with E-state index in [2.05, 4.69) is 12.2 Å². The molecule has 1 rings (SSSR count). The summed E-state index contributed by atoms with van der Waals surface area (Å²) in [7, 11) is 0. The van der Waals surface area contributed by atoms with Crippen LogP contribution >= 0.6 is 0 Å². The third-order valence-corrected chi connectivity index (χ3v) is 3.03. The van der Waals surface area contributed by atoms with Gasteiger partial charge in [0.2, 0.25) is 0 Å². The van der Waals surface area contributed by atoms with E-state index in [1.54, 1.807) is 12.1 Å². The summed E-state index contributed by atoms with van der Waals surface area (Å²) in [4.78, 5) is 0. The van der Waals surface area contributed by atoms with Gasteiger partial charge in [-0.2, -0.15) is 0 Å². The van der Waals surface area contributed by atoms with Crippen molar-refractivity contribution in [2.45, 2.75) is 45.1 Å². The fourth-order valence-corrected chi connectivity index (χ4v) is 1.98. The Kier molecular flexibility index (Phi) is 7.42. The summed E-state index contributed by atoms with van der Waals surface area (Å²) in [5, 5.41) is 12.7. The van der Waals surface area contributed by atoms with E-state index in [1.165, 1.54) is 5.56 Å². The van der Waals surface area contributed by atoms with Crippen molar-refractivity contribution in [3.63, 3.8) is 0 Å². The van der Waals surface area contributed by atoms with Crippen molar-refractivity contribution in [1.29, 1.82) is 0 Å². The van der Waals surface area contributed by atoms with Gasteiger partial charge in [0.1, 0.15) is 5.75 Å². The normalized spacial score (nSPS) is 12.6. The van der Waals surface area contributed by atoms with Gasteiger partial charge in [-0.05, 0) is 50.4 Å². The molecule has 0 aliphatic heterocycles. The van der Waals surface area contributed by atoms with Gasteiger partial charge >= 0.3 is 0 Å². The molecule has 0 fully saturated rings. The van der Waals surface area contributed by atoms with Crippen LogP contribution in [0.4, 0.5) is 4.39 Å². The number of phenolic OH excluding ortho intramolecular Hbond substituents is 1. The van der Waals surface area contributed by atoms with E-state index in [0.29, 0.717) is 18.2 Å². The fraction of sp³-hybridized carbons (Fsp3) is 0.600. The summed E-state index contributed by atoms with van der Waals surface area (Å²) in [5.41, 5.74) is 1.23. The molecule has 1 aromatic carbocycles. The van der Waals surface area contributed by atoms with Gasteiger partial charge in [-0.1, -0.05) is 25.0 Å².